The van der Waals surface area contributed by atoms with Crippen molar-refractivity contribution in [3.05, 3.63) is 50.7 Å². The number of ether oxygens (including phenoxy) is 1. The van der Waals surface area contributed by atoms with Crippen LogP contribution in [0, 0.1) is 5.92 Å². The molecule has 0 fully saturated rings. The molecule has 1 aromatic carbocycles. The summed E-state index contributed by atoms with van der Waals surface area (Å²) < 4.78 is 8.73. The van der Waals surface area contributed by atoms with Crippen LogP contribution in [0.5, 0.6) is 5.75 Å². The number of imidazole rings is 1. The number of thioether (sulfide) groups is 1. The standard InChI is InChI=1S/C22H30N4O4S/c1-5-15-6-8-17(9-7-15)30-13-16(27)12-26-18-19(25(4)21(29)24-20(18)28)23-22(26)31-11-10-14(2)3/h6-9,14,16,27H,5,10-13H2,1-4H3,(H,24,28,29)/t16-/m1/s1. The summed E-state index contributed by atoms with van der Waals surface area (Å²) in [7, 11) is 1.57. The largest absolute Gasteiger partial charge is 0.491 e. The number of hydrogen-bond donors (Lipinski definition) is 2. The zero-order chi connectivity index (χ0) is 22.5. The molecule has 0 radical (unpaired) electrons. The third-order valence-electron chi connectivity index (χ3n) is 5.07. The van der Waals surface area contributed by atoms with Crippen LogP contribution in [0.1, 0.15) is 32.8 Å². The highest BCUT2D eigenvalue weighted by Gasteiger charge is 2.20. The van der Waals surface area contributed by atoms with Crippen molar-refractivity contribution in [2.45, 2.75) is 51.4 Å². The number of aryl methyl sites for hydroxylation is 2. The number of aromatic amines is 1. The molecule has 2 N–H and O–H groups in total. The lowest BCUT2D eigenvalue weighted by Gasteiger charge is -2.15. The van der Waals surface area contributed by atoms with Crippen molar-refractivity contribution < 1.29 is 9.84 Å². The summed E-state index contributed by atoms with van der Waals surface area (Å²) in [6.07, 6.45) is 1.08. The molecule has 0 saturated carbocycles. The Morgan fingerprint density at radius 3 is 2.58 bits per heavy atom. The van der Waals surface area contributed by atoms with E-state index in [1.165, 1.54) is 21.9 Å². The Hall–Kier alpha value is -2.52. The second-order valence-electron chi connectivity index (χ2n) is 7.99. The van der Waals surface area contributed by atoms with Crippen molar-refractivity contribution in [3.63, 3.8) is 0 Å². The van der Waals surface area contributed by atoms with Crippen molar-refractivity contribution >= 4 is 22.9 Å². The van der Waals surface area contributed by atoms with E-state index in [0.717, 1.165) is 18.6 Å². The Bertz CT molecular complexity index is 1130. The Balaban J connectivity index is 1.83. The van der Waals surface area contributed by atoms with Gasteiger partial charge in [0.05, 0.1) is 6.54 Å². The predicted molar refractivity (Wildman–Crippen MR) is 123 cm³/mol. The molecule has 31 heavy (non-hydrogen) atoms. The average molecular weight is 447 g/mol. The lowest BCUT2D eigenvalue weighted by atomic mass is 10.2. The average Bonchev–Trinajstić information content (AvgIpc) is 3.09. The van der Waals surface area contributed by atoms with Gasteiger partial charge in [0.25, 0.3) is 5.56 Å². The Kier molecular flexibility index (Phi) is 7.61. The molecule has 0 amide bonds. The van der Waals surface area contributed by atoms with Crippen LogP contribution in [-0.4, -0.2) is 42.7 Å². The van der Waals surface area contributed by atoms with Gasteiger partial charge in [-0.1, -0.05) is 44.7 Å². The van der Waals surface area contributed by atoms with Crippen LogP contribution < -0.4 is 16.0 Å². The van der Waals surface area contributed by atoms with E-state index in [9.17, 15) is 14.7 Å². The fourth-order valence-corrected chi connectivity index (χ4v) is 4.40. The summed E-state index contributed by atoms with van der Waals surface area (Å²) in [5.74, 6) is 2.04. The summed E-state index contributed by atoms with van der Waals surface area (Å²) in [6, 6.07) is 7.75. The molecule has 9 heteroatoms. The van der Waals surface area contributed by atoms with E-state index >= 15 is 0 Å². The highest BCUT2D eigenvalue weighted by molar-refractivity contribution is 7.99. The third kappa shape index (κ3) is 5.59. The van der Waals surface area contributed by atoms with Gasteiger partial charge in [0.2, 0.25) is 0 Å². The Morgan fingerprint density at radius 2 is 1.94 bits per heavy atom. The van der Waals surface area contributed by atoms with Gasteiger partial charge in [-0.05, 0) is 36.5 Å². The molecule has 3 rings (SSSR count). The molecule has 8 nitrogen and oxygen atoms in total. The van der Waals surface area contributed by atoms with Crippen LogP contribution in [0.4, 0.5) is 0 Å². The van der Waals surface area contributed by atoms with Crippen molar-refractivity contribution in [1.82, 2.24) is 19.1 Å². The van der Waals surface area contributed by atoms with Gasteiger partial charge >= 0.3 is 5.69 Å². The molecule has 0 spiro atoms. The molecule has 2 heterocycles. The van der Waals surface area contributed by atoms with Gasteiger partial charge in [-0.3, -0.25) is 14.3 Å². The summed E-state index contributed by atoms with van der Waals surface area (Å²) in [5.41, 5.74) is 0.778. The first-order chi connectivity index (χ1) is 14.8. The number of H-pyrrole nitrogens is 1. The molecule has 0 aliphatic rings. The maximum Gasteiger partial charge on any atom is 0.329 e. The molecular weight excluding hydrogens is 416 g/mol. The molecule has 0 saturated heterocycles. The van der Waals surface area contributed by atoms with Gasteiger partial charge in [-0.2, -0.15) is 0 Å². The molecule has 1 atom stereocenters. The van der Waals surface area contributed by atoms with Crippen LogP contribution in [0.25, 0.3) is 11.2 Å². The minimum Gasteiger partial charge on any atom is -0.491 e. The minimum absolute atomic E-state index is 0.0743. The van der Waals surface area contributed by atoms with Crippen LogP contribution >= 0.6 is 11.8 Å². The first kappa shape index (κ1) is 23.1. The SMILES string of the molecule is CCc1ccc(OC[C@H](O)Cn2c(SCCC(C)C)nc3c2c(=O)[nH]c(=O)n3C)cc1. The Morgan fingerprint density at radius 1 is 1.23 bits per heavy atom. The van der Waals surface area contributed by atoms with Gasteiger partial charge < -0.3 is 14.4 Å². The second kappa shape index (κ2) is 10.2. The molecule has 3 aromatic rings. The zero-order valence-corrected chi connectivity index (χ0v) is 19.2. The van der Waals surface area contributed by atoms with Crippen LogP contribution in [-0.2, 0) is 20.0 Å². The maximum atomic E-state index is 12.5. The molecule has 0 bridgehead atoms. The van der Waals surface area contributed by atoms with E-state index in [0.29, 0.717) is 22.5 Å². The number of aliphatic hydroxyl groups is 1. The van der Waals surface area contributed by atoms with Crippen molar-refractivity contribution in [2.75, 3.05) is 12.4 Å². The number of nitrogens with zero attached hydrogens (tertiary/aromatic N) is 3. The van der Waals surface area contributed by atoms with E-state index in [1.807, 2.05) is 24.3 Å². The fourth-order valence-electron chi connectivity index (χ4n) is 3.16. The number of hydrogen-bond acceptors (Lipinski definition) is 6. The summed E-state index contributed by atoms with van der Waals surface area (Å²) in [4.78, 5) is 31.4. The third-order valence-corrected chi connectivity index (χ3v) is 6.08. The van der Waals surface area contributed by atoms with Gasteiger partial charge in [-0.25, -0.2) is 9.78 Å². The number of benzene rings is 1. The second-order valence-corrected chi connectivity index (χ2v) is 9.05. The van der Waals surface area contributed by atoms with E-state index < -0.39 is 17.4 Å². The van der Waals surface area contributed by atoms with Gasteiger partial charge in [0, 0.05) is 12.8 Å². The number of aromatic nitrogens is 4. The zero-order valence-electron chi connectivity index (χ0n) is 18.4. The van der Waals surface area contributed by atoms with Crippen LogP contribution in [0.2, 0.25) is 0 Å². The quantitative estimate of drug-likeness (QED) is 0.464. The number of rotatable bonds is 10. The summed E-state index contributed by atoms with van der Waals surface area (Å²) in [5, 5.41) is 11.2. The summed E-state index contributed by atoms with van der Waals surface area (Å²) in [6.45, 7) is 6.58. The topological polar surface area (TPSA) is 102 Å². The lowest BCUT2D eigenvalue weighted by Crippen LogP contribution is -2.30. The predicted octanol–water partition coefficient (Wildman–Crippen LogP) is 2.56. The first-order valence-corrected chi connectivity index (χ1v) is 11.5. The van der Waals surface area contributed by atoms with E-state index in [1.54, 1.807) is 11.6 Å². The van der Waals surface area contributed by atoms with E-state index in [4.69, 9.17) is 4.74 Å². The van der Waals surface area contributed by atoms with Crippen LogP contribution in [0.3, 0.4) is 0 Å². The fraction of sp³-hybridized carbons (Fsp3) is 0.500. The molecule has 0 unspecified atom stereocenters. The smallest absolute Gasteiger partial charge is 0.329 e. The van der Waals surface area contributed by atoms with Crippen molar-refractivity contribution in [2.24, 2.45) is 13.0 Å². The highest BCUT2D eigenvalue weighted by atomic mass is 32.2. The van der Waals surface area contributed by atoms with Gasteiger partial charge in [-0.15, -0.1) is 0 Å². The van der Waals surface area contributed by atoms with Crippen molar-refractivity contribution in [1.29, 1.82) is 0 Å². The summed E-state index contributed by atoms with van der Waals surface area (Å²) >= 11 is 1.52. The molecule has 2 aromatic heterocycles. The maximum absolute atomic E-state index is 12.5. The lowest BCUT2D eigenvalue weighted by molar-refractivity contribution is 0.0913. The Labute approximate surface area is 185 Å². The first-order valence-electron chi connectivity index (χ1n) is 10.5. The monoisotopic (exact) mass is 446 g/mol. The molecule has 0 aliphatic heterocycles. The normalized spacial score (nSPS) is 12.6. The van der Waals surface area contributed by atoms with Crippen LogP contribution in [0.15, 0.2) is 39.0 Å². The van der Waals surface area contributed by atoms with Gasteiger partial charge in [0.1, 0.15) is 18.5 Å². The van der Waals surface area contributed by atoms with E-state index in [2.05, 4.69) is 30.7 Å². The van der Waals surface area contributed by atoms with E-state index in [-0.39, 0.29) is 18.7 Å². The number of aliphatic hydroxyl groups excluding tert-OH is 1. The van der Waals surface area contributed by atoms with Gasteiger partial charge in [0.15, 0.2) is 16.3 Å². The van der Waals surface area contributed by atoms with Crippen molar-refractivity contribution in [3.8, 4) is 5.75 Å². The molecule has 0 aliphatic carbocycles. The number of nitrogens with one attached hydrogen (secondary N) is 1. The highest BCUT2D eigenvalue weighted by Crippen LogP contribution is 2.24. The minimum atomic E-state index is -0.857. The molecular formula is C22H30N4O4S. The molecule has 168 valence electrons. The number of fused-ring (bicyclic) bond motifs is 1.